The van der Waals surface area contributed by atoms with Crippen LogP contribution in [0.3, 0.4) is 0 Å². The van der Waals surface area contributed by atoms with Crippen LogP contribution in [-0.4, -0.2) is 14.8 Å². The fraction of sp³-hybridized carbons (Fsp3) is 0. The molecule has 5 nitrogen and oxygen atoms in total. The van der Waals surface area contributed by atoms with Gasteiger partial charge in [-0.05, 0) is 12.1 Å². The monoisotopic (exact) mass is 210 g/mol. The molecular weight excluding hydrogens is 204 g/mol. The molecule has 2 heterocycles. The van der Waals surface area contributed by atoms with E-state index in [1.807, 2.05) is 0 Å². The summed E-state index contributed by atoms with van der Waals surface area (Å²) >= 11 is 5.67. The zero-order valence-corrected chi connectivity index (χ0v) is 7.82. The third-order valence-corrected chi connectivity index (χ3v) is 1.92. The second-order valence-electron chi connectivity index (χ2n) is 2.72. The van der Waals surface area contributed by atoms with E-state index in [2.05, 4.69) is 10.1 Å². The minimum atomic E-state index is -0.265. The number of nitrogens with zero attached hydrogens (tertiary/aromatic N) is 2. The van der Waals surface area contributed by atoms with Gasteiger partial charge >= 0.3 is 0 Å². The van der Waals surface area contributed by atoms with Gasteiger partial charge in [0.2, 0.25) is 0 Å². The van der Waals surface area contributed by atoms with Crippen molar-refractivity contribution in [2.75, 3.05) is 5.73 Å². The molecule has 2 rings (SSSR count). The van der Waals surface area contributed by atoms with E-state index >= 15 is 0 Å². The number of H-pyrrole nitrogens is 1. The largest absolute Gasteiger partial charge is 0.383 e. The van der Waals surface area contributed by atoms with Crippen molar-refractivity contribution in [1.29, 1.82) is 0 Å². The first kappa shape index (κ1) is 8.83. The molecule has 72 valence electrons. The van der Waals surface area contributed by atoms with Crippen LogP contribution in [0.2, 0.25) is 5.02 Å². The van der Waals surface area contributed by atoms with Crippen LogP contribution in [0, 0.1) is 0 Å². The maximum Gasteiger partial charge on any atom is 0.266 e. The van der Waals surface area contributed by atoms with Crippen LogP contribution < -0.4 is 11.3 Å². The zero-order chi connectivity index (χ0) is 10.1. The summed E-state index contributed by atoms with van der Waals surface area (Å²) in [6, 6.07) is 4.62. The maximum atomic E-state index is 10.9. The highest BCUT2D eigenvalue weighted by Gasteiger charge is 2.03. The molecule has 6 heteroatoms. The zero-order valence-electron chi connectivity index (χ0n) is 7.07. The molecule has 0 unspecified atom stereocenters. The molecule has 3 N–H and O–H groups in total. The SMILES string of the molecule is Nc1cc(=O)[nH]n1-c1ccc(Cl)cn1. The highest BCUT2D eigenvalue weighted by atomic mass is 35.5. The van der Waals surface area contributed by atoms with Crippen molar-refractivity contribution in [2.45, 2.75) is 0 Å². The Labute approximate surface area is 84.1 Å². The third kappa shape index (κ3) is 1.49. The Morgan fingerprint density at radius 3 is 2.79 bits per heavy atom. The second-order valence-corrected chi connectivity index (χ2v) is 3.15. The first-order valence-electron chi connectivity index (χ1n) is 3.86. The molecule has 14 heavy (non-hydrogen) atoms. The summed E-state index contributed by atoms with van der Waals surface area (Å²) < 4.78 is 1.39. The van der Waals surface area contributed by atoms with Crippen molar-refractivity contribution < 1.29 is 0 Å². The average molecular weight is 211 g/mol. The van der Waals surface area contributed by atoms with Crippen LogP contribution >= 0.6 is 11.6 Å². The summed E-state index contributed by atoms with van der Waals surface area (Å²) in [5.74, 6) is 0.832. The molecular formula is C8H7ClN4O. The molecule has 0 amide bonds. The predicted octanol–water partition coefficient (Wildman–Crippen LogP) is 0.796. The molecule has 0 fully saturated rings. The van der Waals surface area contributed by atoms with Crippen LogP contribution in [-0.2, 0) is 0 Å². The number of halogens is 1. The second kappa shape index (κ2) is 3.19. The molecule has 0 aromatic carbocycles. The molecule has 2 aromatic rings. The lowest BCUT2D eigenvalue weighted by molar-refractivity contribution is 0.843. The molecule has 0 radical (unpaired) electrons. The molecule has 2 aromatic heterocycles. The number of hydrogen-bond donors (Lipinski definition) is 2. The minimum absolute atomic E-state index is 0.265. The van der Waals surface area contributed by atoms with Gasteiger partial charge in [0.25, 0.3) is 5.56 Å². The molecule has 0 aliphatic heterocycles. The number of nitrogen functional groups attached to an aromatic ring is 1. The standard InChI is InChI=1S/C8H7ClN4O/c9-5-1-2-7(11-4-5)13-6(10)3-8(14)12-13/h1-4H,10H2,(H,12,14). The molecule has 0 spiro atoms. The number of nitrogens with two attached hydrogens (primary N) is 1. The van der Waals surface area contributed by atoms with Gasteiger partial charge in [-0.1, -0.05) is 11.6 Å². The van der Waals surface area contributed by atoms with Crippen LogP contribution in [0.25, 0.3) is 5.82 Å². The summed E-state index contributed by atoms with van der Waals surface area (Å²) in [5.41, 5.74) is 5.31. The Kier molecular flexibility index (Phi) is 2.01. The lowest BCUT2D eigenvalue weighted by atomic mass is 10.4. The Morgan fingerprint density at radius 1 is 1.50 bits per heavy atom. The maximum absolute atomic E-state index is 10.9. The van der Waals surface area contributed by atoms with E-state index in [0.29, 0.717) is 16.7 Å². The number of aromatic nitrogens is 3. The van der Waals surface area contributed by atoms with Gasteiger partial charge in [0.15, 0.2) is 5.82 Å². The molecule has 0 aliphatic carbocycles. The Morgan fingerprint density at radius 2 is 2.29 bits per heavy atom. The van der Waals surface area contributed by atoms with Crippen molar-refractivity contribution in [3.8, 4) is 5.82 Å². The van der Waals surface area contributed by atoms with E-state index in [9.17, 15) is 4.79 Å². The number of hydrogen-bond acceptors (Lipinski definition) is 3. The van der Waals surface area contributed by atoms with Gasteiger partial charge < -0.3 is 5.73 Å². The summed E-state index contributed by atoms with van der Waals surface area (Å²) in [7, 11) is 0. The fourth-order valence-corrected chi connectivity index (χ4v) is 1.21. The molecule has 0 saturated carbocycles. The van der Waals surface area contributed by atoms with E-state index in [-0.39, 0.29) is 5.56 Å². The quantitative estimate of drug-likeness (QED) is 0.731. The van der Waals surface area contributed by atoms with Gasteiger partial charge in [0, 0.05) is 12.3 Å². The van der Waals surface area contributed by atoms with Crippen molar-refractivity contribution in [2.24, 2.45) is 0 Å². The van der Waals surface area contributed by atoms with Crippen molar-refractivity contribution >= 4 is 17.4 Å². The average Bonchev–Trinajstić information content (AvgIpc) is 2.47. The van der Waals surface area contributed by atoms with E-state index in [1.54, 1.807) is 12.1 Å². The van der Waals surface area contributed by atoms with Gasteiger partial charge in [-0.25, -0.2) is 9.67 Å². The fourth-order valence-electron chi connectivity index (χ4n) is 1.10. The van der Waals surface area contributed by atoms with Gasteiger partial charge in [-0.3, -0.25) is 9.89 Å². The van der Waals surface area contributed by atoms with Crippen molar-refractivity contribution in [3.63, 3.8) is 0 Å². The lowest BCUT2D eigenvalue weighted by Gasteiger charge is -2.02. The Bertz CT molecular complexity index is 499. The highest BCUT2D eigenvalue weighted by molar-refractivity contribution is 6.30. The normalized spacial score (nSPS) is 10.4. The summed E-state index contributed by atoms with van der Waals surface area (Å²) in [6.45, 7) is 0. The van der Waals surface area contributed by atoms with Gasteiger partial charge in [-0.2, -0.15) is 0 Å². The number of aromatic amines is 1. The number of nitrogens with one attached hydrogen (secondary N) is 1. The van der Waals surface area contributed by atoms with Crippen LogP contribution in [0.5, 0.6) is 0 Å². The Balaban J connectivity index is 2.54. The number of rotatable bonds is 1. The topological polar surface area (TPSA) is 76.7 Å². The Hall–Kier alpha value is -1.75. The van der Waals surface area contributed by atoms with E-state index < -0.39 is 0 Å². The summed E-state index contributed by atoms with van der Waals surface area (Å²) in [4.78, 5) is 14.9. The van der Waals surface area contributed by atoms with Gasteiger partial charge in [0.05, 0.1) is 5.02 Å². The van der Waals surface area contributed by atoms with E-state index in [4.69, 9.17) is 17.3 Å². The summed E-state index contributed by atoms with van der Waals surface area (Å²) in [5, 5.41) is 3.04. The predicted molar refractivity (Wildman–Crippen MR) is 53.6 cm³/mol. The molecule has 0 aliphatic rings. The van der Waals surface area contributed by atoms with E-state index in [0.717, 1.165) is 0 Å². The number of anilines is 1. The highest BCUT2D eigenvalue weighted by Crippen LogP contribution is 2.10. The van der Waals surface area contributed by atoms with Gasteiger partial charge in [-0.15, -0.1) is 0 Å². The van der Waals surface area contributed by atoms with Crippen molar-refractivity contribution in [3.05, 3.63) is 39.8 Å². The third-order valence-electron chi connectivity index (χ3n) is 1.70. The first-order valence-corrected chi connectivity index (χ1v) is 4.24. The minimum Gasteiger partial charge on any atom is -0.383 e. The van der Waals surface area contributed by atoms with E-state index in [1.165, 1.54) is 16.9 Å². The summed E-state index contributed by atoms with van der Waals surface area (Å²) in [6.07, 6.45) is 1.48. The van der Waals surface area contributed by atoms with Crippen molar-refractivity contribution in [1.82, 2.24) is 14.8 Å². The van der Waals surface area contributed by atoms with Crippen LogP contribution in [0.15, 0.2) is 29.2 Å². The smallest absolute Gasteiger partial charge is 0.266 e. The van der Waals surface area contributed by atoms with Gasteiger partial charge in [0.1, 0.15) is 5.82 Å². The van der Waals surface area contributed by atoms with Crippen LogP contribution in [0.1, 0.15) is 0 Å². The lowest BCUT2D eigenvalue weighted by Crippen LogP contribution is -2.06. The molecule has 0 atom stereocenters. The van der Waals surface area contributed by atoms with Crippen LogP contribution in [0.4, 0.5) is 5.82 Å². The number of pyridine rings is 1. The first-order chi connectivity index (χ1) is 6.66. The molecule has 0 bridgehead atoms. The molecule has 0 saturated heterocycles.